The van der Waals surface area contributed by atoms with Crippen LogP contribution >= 0.6 is 0 Å². The van der Waals surface area contributed by atoms with Gasteiger partial charge < -0.3 is 15.1 Å². The largest absolute Gasteiger partial charge is 0.416 e. The number of nitrogens with one attached hydrogen (secondary N) is 1. The second-order valence-corrected chi connectivity index (χ2v) is 9.77. The molecule has 0 aliphatic carbocycles. The van der Waals surface area contributed by atoms with Crippen LogP contribution in [0.2, 0.25) is 0 Å². The Labute approximate surface area is 206 Å². The van der Waals surface area contributed by atoms with Crippen molar-refractivity contribution in [2.24, 2.45) is 11.8 Å². The maximum absolute atomic E-state index is 13.7. The summed E-state index contributed by atoms with van der Waals surface area (Å²) in [5.41, 5.74) is -0.982. The van der Waals surface area contributed by atoms with E-state index in [1.165, 1.54) is 18.9 Å². The van der Waals surface area contributed by atoms with E-state index in [1.54, 1.807) is 4.90 Å². The number of fused-ring (bicyclic) bond motifs is 1. The number of rotatable bonds is 3. The highest BCUT2D eigenvalue weighted by atomic mass is 19.4. The van der Waals surface area contributed by atoms with Crippen LogP contribution in [0.4, 0.5) is 31.1 Å². The molecule has 2 heterocycles. The summed E-state index contributed by atoms with van der Waals surface area (Å²) in [6.07, 6.45) is -9.13. The van der Waals surface area contributed by atoms with Gasteiger partial charge in [-0.1, -0.05) is 24.3 Å². The van der Waals surface area contributed by atoms with Crippen molar-refractivity contribution in [2.45, 2.75) is 44.7 Å². The number of halogens is 6. The van der Waals surface area contributed by atoms with Crippen molar-refractivity contribution < 1.29 is 31.1 Å². The minimum Gasteiger partial charge on any atom is -0.321 e. The van der Waals surface area contributed by atoms with Gasteiger partial charge in [-0.3, -0.25) is 0 Å². The third kappa shape index (κ3) is 5.05. The summed E-state index contributed by atoms with van der Waals surface area (Å²) in [6, 6.07) is 7.57. The summed E-state index contributed by atoms with van der Waals surface area (Å²) in [5.74, 6) is 0.553. The molecule has 36 heavy (non-hydrogen) atoms. The zero-order valence-corrected chi connectivity index (χ0v) is 20.2. The fourth-order valence-electron chi connectivity index (χ4n) is 5.46. The maximum Gasteiger partial charge on any atom is 0.416 e. The molecule has 1 N–H and O–H groups in total. The predicted molar refractivity (Wildman–Crippen MR) is 123 cm³/mol. The zero-order valence-electron chi connectivity index (χ0n) is 20.2. The Balaban J connectivity index is 1.68. The van der Waals surface area contributed by atoms with Crippen LogP contribution in [0.25, 0.3) is 0 Å². The van der Waals surface area contributed by atoms with Crippen molar-refractivity contribution in [2.75, 3.05) is 26.7 Å². The molecule has 0 aromatic heterocycles. The summed E-state index contributed by atoms with van der Waals surface area (Å²) in [7, 11) is 1.43. The Morgan fingerprint density at radius 3 is 2.22 bits per heavy atom. The van der Waals surface area contributed by atoms with Gasteiger partial charge in [-0.25, -0.2) is 4.79 Å². The number of alkyl halides is 6. The molecule has 0 bridgehead atoms. The standard InChI is InChI=1S/C26H29F6N3O/c1-15-6-4-5-7-21(15)23-22-14-33-13-17(22)8-9-35(23)24(36)34(3)16(2)18-10-19(25(27,28)29)12-20(11-18)26(30,31)32/h4-7,10-12,16-17,22-23,33H,8-9,13-14H2,1-3H3/t16-,17-,22-,23?/m1/s1. The van der Waals surface area contributed by atoms with Crippen LogP contribution in [0.5, 0.6) is 0 Å². The van der Waals surface area contributed by atoms with Gasteiger partial charge in [-0.05, 0) is 67.6 Å². The minimum atomic E-state index is -4.95. The molecular weight excluding hydrogens is 484 g/mol. The number of amides is 2. The molecule has 2 aromatic carbocycles. The maximum atomic E-state index is 13.7. The number of piperidine rings is 1. The van der Waals surface area contributed by atoms with Crippen molar-refractivity contribution in [3.05, 3.63) is 70.3 Å². The Bertz CT molecular complexity index is 1080. The number of carbonyl (C=O) groups excluding carboxylic acids is 1. The molecule has 0 spiro atoms. The van der Waals surface area contributed by atoms with E-state index in [-0.39, 0.29) is 23.6 Å². The van der Waals surface area contributed by atoms with Crippen molar-refractivity contribution in [1.29, 1.82) is 0 Å². The lowest BCUT2D eigenvalue weighted by Crippen LogP contribution is -2.51. The first-order valence-corrected chi connectivity index (χ1v) is 11.9. The molecule has 10 heteroatoms. The van der Waals surface area contributed by atoms with Gasteiger partial charge in [-0.2, -0.15) is 26.3 Å². The van der Waals surface area contributed by atoms with Crippen molar-refractivity contribution in [3.63, 3.8) is 0 Å². The van der Waals surface area contributed by atoms with Gasteiger partial charge in [0.1, 0.15) is 0 Å². The van der Waals surface area contributed by atoms with Gasteiger partial charge in [0.2, 0.25) is 0 Å². The molecule has 0 saturated carbocycles. The van der Waals surface area contributed by atoms with Crippen LogP contribution in [0.3, 0.4) is 0 Å². The Kier molecular flexibility index (Phi) is 7.02. The summed E-state index contributed by atoms with van der Waals surface area (Å²) in [6.45, 7) is 5.45. The van der Waals surface area contributed by atoms with Gasteiger partial charge in [0.25, 0.3) is 0 Å². The third-order valence-electron chi connectivity index (χ3n) is 7.60. The van der Waals surface area contributed by atoms with E-state index in [4.69, 9.17) is 0 Å². The molecule has 0 radical (unpaired) electrons. The lowest BCUT2D eigenvalue weighted by molar-refractivity contribution is -0.143. The molecule has 4 rings (SSSR count). The predicted octanol–water partition coefficient (Wildman–Crippen LogP) is 6.43. The first-order chi connectivity index (χ1) is 16.8. The number of hydrogen-bond acceptors (Lipinski definition) is 2. The number of nitrogens with zero attached hydrogens (tertiary/aromatic N) is 2. The molecular formula is C26H29F6N3O. The highest BCUT2D eigenvalue weighted by Crippen LogP contribution is 2.43. The molecule has 2 saturated heterocycles. The van der Waals surface area contributed by atoms with E-state index in [0.29, 0.717) is 24.6 Å². The minimum absolute atomic E-state index is 0.101. The first-order valence-electron chi connectivity index (χ1n) is 11.9. The molecule has 2 aliphatic rings. The van der Waals surface area contributed by atoms with Crippen LogP contribution in [-0.4, -0.2) is 42.5 Å². The smallest absolute Gasteiger partial charge is 0.321 e. The summed E-state index contributed by atoms with van der Waals surface area (Å²) < 4.78 is 80.3. The lowest BCUT2D eigenvalue weighted by atomic mass is 9.78. The fourth-order valence-corrected chi connectivity index (χ4v) is 5.46. The third-order valence-corrected chi connectivity index (χ3v) is 7.60. The van der Waals surface area contributed by atoms with E-state index in [0.717, 1.165) is 30.6 Å². The summed E-state index contributed by atoms with van der Waals surface area (Å²) in [5, 5.41) is 3.40. The number of aryl methyl sites for hydroxylation is 1. The molecule has 1 unspecified atom stereocenters. The average molecular weight is 514 g/mol. The number of hydrogen-bond donors (Lipinski definition) is 1. The molecule has 2 aromatic rings. The zero-order chi connectivity index (χ0) is 26.4. The Hall–Kier alpha value is -2.75. The van der Waals surface area contributed by atoms with E-state index in [1.807, 2.05) is 31.2 Å². The summed E-state index contributed by atoms with van der Waals surface area (Å²) >= 11 is 0. The molecule has 2 amide bonds. The van der Waals surface area contributed by atoms with Crippen LogP contribution in [0.15, 0.2) is 42.5 Å². The van der Waals surface area contributed by atoms with E-state index in [9.17, 15) is 31.1 Å². The van der Waals surface area contributed by atoms with Gasteiger partial charge in [0.15, 0.2) is 0 Å². The van der Waals surface area contributed by atoms with Crippen molar-refractivity contribution in [1.82, 2.24) is 15.1 Å². The monoisotopic (exact) mass is 513 g/mol. The van der Waals surface area contributed by atoms with E-state index in [2.05, 4.69) is 5.32 Å². The van der Waals surface area contributed by atoms with Crippen molar-refractivity contribution in [3.8, 4) is 0 Å². The van der Waals surface area contributed by atoms with Gasteiger partial charge in [-0.15, -0.1) is 0 Å². The molecule has 196 valence electrons. The average Bonchev–Trinajstić information content (AvgIpc) is 3.30. The molecule has 2 fully saturated rings. The van der Waals surface area contributed by atoms with Gasteiger partial charge in [0, 0.05) is 26.1 Å². The second kappa shape index (κ2) is 9.61. The summed E-state index contributed by atoms with van der Waals surface area (Å²) in [4.78, 5) is 16.7. The second-order valence-electron chi connectivity index (χ2n) is 9.77. The number of urea groups is 1. The Morgan fingerprint density at radius 2 is 1.64 bits per heavy atom. The lowest BCUT2D eigenvalue weighted by Gasteiger charge is -2.45. The first kappa shape index (κ1) is 26.3. The highest BCUT2D eigenvalue weighted by molar-refractivity contribution is 5.75. The molecule has 4 nitrogen and oxygen atoms in total. The molecule has 2 aliphatic heterocycles. The highest BCUT2D eigenvalue weighted by Gasteiger charge is 2.45. The Morgan fingerprint density at radius 1 is 1.03 bits per heavy atom. The molecule has 4 atom stereocenters. The van der Waals surface area contributed by atoms with Crippen LogP contribution < -0.4 is 5.32 Å². The van der Waals surface area contributed by atoms with E-state index >= 15 is 0 Å². The normalized spacial score (nSPS) is 23.4. The van der Waals surface area contributed by atoms with Gasteiger partial charge in [0.05, 0.1) is 23.2 Å². The number of benzene rings is 2. The number of likely N-dealkylation sites (tertiary alicyclic amines) is 1. The SMILES string of the molecule is Cc1ccccc1C1[C@@H]2CNC[C@H]2CCN1C(=O)N(C)[C@H](C)c1cc(C(F)(F)F)cc(C(F)(F)F)c1. The quantitative estimate of drug-likeness (QED) is 0.481. The van der Waals surface area contributed by atoms with Crippen LogP contribution in [0.1, 0.15) is 53.2 Å². The van der Waals surface area contributed by atoms with Gasteiger partial charge >= 0.3 is 18.4 Å². The van der Waals surface area contributed by atoms with Crippen LogP contribution in [0, 0.1) is 18.8 Å². The topological polar surface area (TPSA) is 35.6 Å². The number of carbonyl (C=O) groups is 1. The fraction of sp³-hybridized carbons (Fsp3) is 0.500. The van der Waals surface area contributed by atoms with E-state index < -0.39 is 35.6 Å². The van der Waals surface area contributed by atoms with Crippen LogP contribution in [-0.2, 0) is 12.4 Å². The van der Waals surface area contributed by atoms with Crippen molar-refractivity contribution >= 4 is 6.03 Å².